The predicted molar refractivity (Wildman–Crippen MR) is 165 cm³/mol. The molecule has 0 aromatic heterocycles. The highest BCUT2D eigenvalue weighted by Gasteiger charge is 2.44. The van der Waals surface area contributed by atoms with E-state index >= 15 is 0 Å². The zero-order valence-electron chi connectivity index (χ0n) is 23.6. The maximum absolute atomic E-state index is 13.6. The number of carboxylic acid groups (broad SMARTS) is 1. The molecule has 3 atom stereocenters. The number of ether oxygens (including phenoxy) is 1. The van der Waals surface area contributed by atoms with Gasteiger partial charge in [-0.2, -0.15) is 0 Å². The van der Waals surface area contributed by atoms with E-state index < -0.39 is 18.2 Å². The Balaban J connectivity index is 1.28. The standard InChI is InChI=1S/C33H35BrFN3O5/c34-27-13-12-24(35)17-30(27)43-16-4-5-21-8-10-22(11-9-21)26-18-25-19-36-20-28(38(25)33(41)42)31(26)32(40)37-15-14-29(39)23-6-2-1-3-7-23/h1-3,6-13,17,25,28-29,36,39H,4-5,14-16,18-20H2,(H,37,40)(H,41,42)/t25?,28?,29-/m0/s1. The summed E-state index contributed by atoms with van der Waals surface area (Å²) >= 11 is 3.37. The fourth-order valence-corrected chi connectivity index (χ4v) is 6.19. The number of nitrogens with zero attached hydrogens (tertiary/aromatic N) is 1. The Morgan fingerprint density at radius 3 is 2.60 bits per heavy atom. The lowest BCUT2D eigenvalue weighted by Crippen LogP contribution is -2.63. The molecule has 3 aromatic carbocycles. The predicted octanol–water partition coefficient (Wildman–Crippen LogP) is 5.32. The number of nitrogens with one attached hydrogen (secondary N) is 2. The Labute approximate surface area is 258 Å². The zero-order valence-corrected chi connectivity index (χ0v) is 25.2. The first-order valence-corrected chi connectivity index (χ1v) is 15.2. The fourth-order valence-electron chi connectivity index (χ4n) is 5.83. The van der Waals surface area contributed by atoms with Gasteiger partial charge in [0.15, 0.2) is 0 Å². The lowest BCUT2D eigenvalue weighted by Gasteiger charge is -2.46. The second-order valence-corrected chi connectivity index (χ2v) is 11.7. The van der Waals surface area contributed by atoms with Crippen LogP contribution in [0.2, 0.25) is 0 Å². The lowest BCUT2D eigenvalue weighted by atomic mass is 9.82. The Bertz CT molecular complexity index is 1470. The molecule has 1 saturated heterocycles. The molecule has 2 amide bonds. The van der Waals surface area contributed by atoms with Crippen molar-refractivity contribution in [1.29, 1.82) is 0 Å². The number of fused-ring (bicyclic) bond motifs is 2. The van der Waals surface area contributed by atoms with Crippen molar-refractivity contribution in [2.24, 2.45) is 0 Å². The quantitative estimate of drug-likeness (QED) is 0.209. The summed E-state index contributed by atoms with van der Waals surface area (Å²) in [7, 11) is 0. The smallest absolute Gasteiger partial charge is 0.408 e. The topological polar surface area (TPSA) is 111 Å². The van der Waals surface area contributed by atoms with Gasteiger partial charge < -0.3 is 25.6 Å². The number of halogens is 2. The highest BCUT2D eigenvalue weighted by molar-refractivity contribution is 9.10. The second-order valence-electron chi connectivity index (χ2n) is 10.8. The maximum Gasteiger partial charge on any atom is 0.408 e. The van der Waals surface area contributed by atoms with Crippen LogP contribution in [0.5, 0.6) is 5.75 Å². The van der Waals surface area contributed by atoms with Gasteiger partial charge in [-0.05, 0) is 76.0 Å². The molecule has 0 saturated carbocycles. The second kappa shape index (κ2) is 14.2. The molecular formula is C33H35BrFN3O5. The number of carbonyl (C=O) groups is 2. The van der Waals surface area contributed by atoms with Gasteiger partial charge in [-0.1, -0.05) is 54.6 Å². The Morgan fingerprint density at radius 1 is 1.09 bits per heavy atom. The van der Waals surface area contributed by atoms with Crippen molar-refractivity contribution >= 4 is 33.5 Å². The number of aryl methyl sites for hydroxylation is 1. The molecule has 2 aliphatic heterocycles. The first-order chi connectivity index (χ1) is 20.8. The molecule has 0 aliphatic carbocycles. The molecule has 10 heteroatoms. The van der Waals surface area contributed by atoms with Gasteiger partial charge in [0.1, 0.15) is 11.6 Å². The number of hydrogen-bond acceptors (Lipinski definition) is 5. The van der Waals surface area contributed by atoms with E-state index in [0.29, 0.717) is 48.3 Å². The van der Waals surface area contributed by atoms with Crippen LogP contribution in [0.15, 0.2) is 82.8 Å². The van der Waals surface area contributed by atoms with Gasteiger partial charge >= 0.3 is 6.09 Å². The summed E-state index contributed by atoms with van der Waals surface area (Å²) in [6.45, 7) is 1.54. The third-order valence-electron chi connectivity index (χ3n) is 7.96. The van der Waals surface area contributed by atoms with Crippen molar-refractivity contribution in [2.75, 3.05) is 26.2 Å². The highest BCUT2D eigenvalue weighted by Crippen LogP contribution is 2.37. The van der Waals surface area contributed by atoms with E-state index in [2.05, 4.69) is 26.6 Å². The fraction of sp³-hybridized carbons (Fsp3) is 0.333. The van der Waals surface area contributed by atoms with Gasteiger partial charge in [-0.15, -0.1) is 0 Å². The average molecular weight is 653 g/mol. The van der Waals surface area contributed by atoms with Gasteiger partial charge in [0.25, 0.3) is 0 Å². The van der Waals surface area contributed by atoms with Gasteiger partial charge in [-0.25, -0.2) is 9.18 Å². The first kappa shape index (κ1) is 30.7. The maximum atomic E-state index is 13.6. The van der Waals surface area contributed by atoms with E-state index in [-0.39, 0.29) is 24.3 Å². The number of carbonyl (C=O) groups excluding carboxylic acids is 1. The van der Waals surface area contributed by atoms with Gasteiger partial charge in [0.2, 0.25) is 5.91 Å². The molecule has 43 heavy (non-hydrogen) atoms. The van der Waals surface area contributed by atoms with E-state index in [9.17, 15) is 24.2 Å². The molecular weight excluding hydrogens is 617 g/mol. The molecule has 0 radical (unpaired) electrons. The SMILES string of the molecule is O=C(NCC[C@H](O)c1ccccc1)C1=C(c2ccc(CCCOc3cc(F)ccc3Br)cc2)CC2CNCC1N2C(=O)O. The minimum absolute atomic E-state index is 0.246. The van der Waals surface area contributed by atoms with Gasteiger partial charge in [0.05, 0.1) is 29.3 Å². The van der Waals surface area contributed by atoms with Crippen LogP contribution in [0.4, 0.5) is 9.18 Å². The summed E-state index contributed by atoms with van der Waals surface area (Å²) < 4.78 is 19.9. The van der Waals surface area contributed by atoms with Crippen LogP contribution in [-0.4, -0.2) is 65.4 Å². The van der Waals surface area contributed by atoms with Crippen molar-refractivity contribution in [3.63, 3.8) is 0 Å². The molecule has 2 bridgehead atoms. The lowest BCUT2D eigenvalue weighted by molar-refractivity contribution is -0.118. The molecule has 3 aromatic rings. The number of piperazine rings is 1. The van der Waals surface area contributed by atoms with Crippen LogP contribution >= 0.6 is 15.9 Å². The van der Waals surface area contributed by atoms with Gasteiger partial charge in [-0.3, -0.25) is 9.69 Å². The van der Waals surface area contributed by atoms with E-state index in [4.69, 9.17) is 4.74 Å². The van der Waals surface area contributed by atoms with E-state index in [1.54, 1.807) is 6.07 Å². The van der Waals surface area contributed by atoms with Crippen molar-refractivity contribution in [1.82, 2.24) is 15.5 Å². The molecule has 1 fully saturated rings. The summed E-state index contributed by atoms with van der Waals surface area (Å²) in [6.07, 6.45) is 0.485. The minimum atomic E-state index is -1.04. The van der Waals surface area contributed by atoms with Crippen LogP contribution in [0.3, 0.4) is 0 Å². The zero-order chi connectivity index (χ0) is 30.3. The Morgan fingerprint density at radius 2 is 1.86 bits per heavy atom. The summed E-state index contributed by atoms with van der Waals surface area (Å²) in [4.78, 5) is 27.2. The van der Waals surface area contributed by atoms with Crippen molar-refractivity contribution in [3.8, 4) is 5.75 Å². The van der Waals surface area contributed by atoms with Crippen molar-refractivity contribution in [3.05, 3.63) is 105 Å². The number of benzene rings is 3. The van der Waals surface area contributed by atoms with E-state index in [1.165, 1.54) is 17.0 Å². The molecule has 4 N–H and O–H groups in total. The summed E-state index contributed by atoms with van der Waals surface area (Å²) in [5.74, 6) is -0.205. The molecule has 2 unspecified atom stereocenters. The first-order valence-electron chi connectivity index (χ1n) is 14.4. The van der Waals surface area contributed by atoms with Crippen LogP contribution in [0.25, 0.3) is 5.57 Å². The summed E-state index contributed by atoms with van der Waals surface area (Å²) in [5, 5.41) is 26.7. The largest absolute Gasteiger partial charge is 0.492 e. The van der Waals surface area contributed by atoms with Gasteiger partial charge in [0, 0.05) is 31.3 Å². The molecule has 2 aliphatic rings. The summed E-state index contributed by atoms with van der Waals surface area (Å²) in [5.41, 5.74) is 4.05. The Kier molecular flexibility index (Phi) is 10.1. The number of aliphatic hydroxyl groups excluding tert-OH is 1. The molecule has 5 rings (SSSR count). The molecule has 2 heterocycles. The third-order valence-corrected chi connectivity index (χ3v) is 8.62. The van der Waals surface area contributed by atoms with Crippen LogP contribution < -0.4 is 15.4 Å². The number of rotatable bonds is 11. The third kappa shape index (κ3) is 7.44. The van der Waals surface area contributed by atoms with E-state index in [0.717, 1.165) is 35.1 Å². The number of amides is 2. The number of aliphatic hydroxyl groups is 1. The monoisotopic (exact) mass is 651 g/mol. The molecule has 0 spiro atoms. The van der Waals surface area contributed by atoms with Crippen molar-refractivity contribution < 1.29 is 28.9 Å². The molecule has 226 valence electrons. The average Bonchev–Trinajstić information content (AvgIpc) is 3.01. The molecule has 8 nitrogen and oxygen atoms in total. The normalized spacial score (nSPS) is 18.7. The van der Waals surface area contributed by atoms with E-state index in [1.807, 2.05) is 54.6 Å². The number of hydrogen-bond donors (Lipinski definition) is 4. The van der Waals surface area contributed by atoms with Crippen molar-refractivity contribution in [2.45, 2.75) is 43.9 Å². The summed E-state index contributed by atoms with van der Waals surface area (Å²) in [6, 6.07) is 20.7. The Hall–Kier alpha value is -3.73. The highest BCUT2D eigenvalue weighted by atomic mass is 79.9. The minimum Gasteiger partial charge on any atom is -0.492 e. The van der Waals surface area contributed by atoms with Crippen LogP contribution in [0, 0.1) is 5.82 Å². The van der Waals surface area contributed by atoms with Crippen LogP contribution in [-0.2, 0) is 11.2 Å². The van der Waals surface area contributed by atoms with Crippen LogP contribution in [0.1, 0.15) is 42.1 Å².